The minimum Gasteiger partial charge on any atom is -0.507 e. The van der Waals surface area contributed by atoms with Crippen molar-refractivity contribution in [2.45, 2.75) is 39.7 Å². The van der Waals surface area contributed by atoms with Crippen molar-refractivity contribution in [2.24, 2.45) is 0 Å². The molecular formula is C29H25FN2O3S. The Bertz CT molecular complexity index is 1540. The van der Waals surface area contributed by atoms with E-state index in [0.717, 1.165) is 26.9 Å². The van der Waals surface area contributed by atoms with E-state index in [0.29, 0.717) is 16.6 Å². The Kier molecular flexibility index (Phi) is 5.96. The van der Waals surface area contributed by atoms with Crippen molar-refractivity contribution in [1.29, 1.82) is 0 Å². The fourth-order valence-electron chi connectivity index (χ4n) is 4.63. The van der Waals surface area contributed by atoms with Crippen LogP contribution in [0.2, 0.25) is 0 Å². The molecule has 1 N–H and O–H groups in total. The number of amides is 1. The number of carbonyl (C=O) groups excluding carboxylic acids is 2. The van der Waals surface area contributed by atoms with Gasteiger partial charge in [-0.25, -0.2) is 9.37 Å². The SMILES string of the molecule is Cc1cc(C)c2nc(N3C(=O)C(=O)/C(=C(/O)c4ccc(F)cc4)[C@H]3c3ccc(C(C)C)cc3)sc2c1. The van der Waals surface area contributed by atoms with Gasteiger partial charge in [-0.3, -0.25) is 14.5 Å². The lowest BCUT2D eigenvalue weighted by Crippen LogP contribution is -2.29. The van der Waals surface area contributed by atoms with Gasteiger partial charge in [0.2, 0.25) is 0 Å². The largest absolute Gasteiger partial charge is 0.507 e. The number of benzene rings is 3. The first-order valence-corrected chi connectivity index (χ1v) is 12.5. The van der Waals surface area contributed by atoms with E-state index in [1.54, 1.807) is 0 Å². The number of aliphatic hydroxyl groups is 1. The molecule has 5 rings (SSSR count). The minimum absolute atomic E-state index is 0.0453. The number of aryl methyl sites for hydroxylation is 2. The first-order chi connectivity index (χ1) is 17.2. The molecule has 0 radical (unpaired) electrons. The van der Waals surface area contributed by atoms with Gasteiger partial charge >= 0.3 is 5.91 Å². The van der Waals surface area contributed by atoms with Gasteiger partial charge in [-0.15, -0.1) is 0 Å². The second-order valence-electron chi connectivity index (χ2n) is 9.42. The van der Waals surface area contributed by atoms with Crippen molar-refractivity contribution in [2.75, 3.05) is 4.90 Å². The van der Waals surface area contributed by atoms with Gasteiger partial charge in [0, 0.05) is 5.56 Å². The van der Waals surface area contributed by atoms with Gasteiger partial charge in [-0.05, 0) is 72.4 Å². The Morgan fingerprint density at radius 1 is 1.03 bits per heavy atom. The molecule has 36 heavy (non-hydrogen) atoms. The van der Waals surface area contributed by atoms with Crippen LogP contribution in [-0.2, 0) is 9.59 Å². The number of hydrogen-bond acceptors (Lipinski definition) is 5. The lowest BCUT2D eigenvalue weighted by atomic mass is 9.93. The third-order valence-corrected chi connectivity index (χ3v) is 7.51. The number of aromatic nitrogens is 1. The quantitative estimate of drug-likeness (QED) is 0.190. The predicted octanol–water partition coefficient (Wildman–Crippen LogP) is 6.80. The van der Waals surface area contributed by atoms with Gasteiger partial charge in [0.15, 0.2) is 5.13 Å². The molecule has 0 spiro atoms. The van der Waals surface area contributed by atoms with Gasteiger partial charge in [-0.1, -0.05) is 55.5 Å². The molecule has 1 saturated heterocycles. The number of hydrogen-bond donors (Lipinski definition) is 1. The van der Waals surface area contributed by atoms with Gasteiger partial charge in [0.05, 0.1) is 21.8 Å². The van der Waals surface area contributed by atoms with E-state index in [-0.39, 0.29) is 16.9 Å². The van der Waals surface area contributed by atoms with E-state index < -0.39 is 23.5 Å². The number of carbonyl (C=O) groups is 2. The first-order valence-electron chi connectivity index (χ1n) is 11.7. The predicted molar refractivity (Wildman–Crippen MR) is 141 cm³/mol. The molecule has 5 nitrogen and oxygen atoms in total. The number of thiazole rings is 1. The Morgan fingerprint density at radius 2 is 1.69 bits per heavy atom. The zero-order valence-corrected chi connectivity index (χ0v) is 21.2. The summed E-state index contributed by atoms with van der Waals surface area (Å²) in [5, 5.41) is 11.6. The summed E-state index contributed by atoms with van der Waals surface area (Å²) >= 11 is 1.33. The van der Waals surface area contributed by atoms with E-state index in [1.807, 2.05) is 50.2 Å². The molecular weight excluding hydrogens is 475 g/mol. The van der Waals surface area contributed by atoms with Crippen LogP contribution in [0.25, 0.3) is 16.0 Å². The summed E-state index contributed by atoms with van der Waals surface area (Å²) in [6, 6.07) is 16.0. The van der Waals surface area contributed by atoms with E-state index in [4.69, 9.17) is 4.98 Å². The maximum Gasteiger partial charge on any atom is 0.301 e. The Balaban J connectivity index is 1.73. The zero-order chi connectivity index (χ0) is 25.7. The lowest BCUT2D eigenvalue weighted by Gasteiger charge is -2.23. The summed E-state index contributed by atoms with van der Waals surface area (Å²) in [5.74, 6) is -2.07. The molecule has 0 unspecified atom stereocenters. The molecule has 0 bridgehead atoms. The maximum absolute atomic E-state index is 13.5. The Labute approximate surface area is 212 Å². The molecule has 7 heteroatoms. The van der Waals surface area contributed by atoms with Crippen LogP contribution in [0.15, 0.2) is 66.2 Å². The monoisotopic (exact) mass is 500 g/mol. The zero-order valence-electron chi connectivity index (χ0n) is 20.4. The van der Waals surface area contributed by atoms with Gasteiger partial charge < -0.3 is 5.11 Å². The number of nitrogens with zero attached hydrogens (tertiary/aromatic N) is 2. The molecule has 0 aliphatic carbocycles. The third-order valence-electron chi connectivity index (χ3n) is 6.51. The molecule has 1 aliphatic rings. The number of halogens is 1. The second kappa shape index (κ2) is 8.99. The molecule has 1 amide bonds. The molecule has 3 aromatic carbocycles. The molecule has 1 aliphatic heterocycles. The number of ketones is 1. The molecule has 182 valence electrons. The molecule has 0 saturated carbocycles. The van der Waals surface area contributed by atoms with Gasteiger partial charge in [-0.2, -0.15) is 0 Å². The van der Waals surface area contributed by atoms with E-state index in [1.165, 1.54) is 40.5 Å². The molecule has 4 aromatic rings. The van der Waals surface area contributed by atoms with Crippen molar-refractivity contribution in [1.82, 2.24) is 4.98 Å². The highest BCUT2D eigenvalue weighted by molar-refractivity contribution is 7.22. The van der Waals surface area contributed by atoms with Gasteiger partial charge in [0.1, 0.15) is 11.6 Å². The van der Waals surface area contributed by atoms with Crippen LogP contribution in [0.4, 0.5) is 9.52 Å². The standard InChI is InChI=1S/C29H25FN2O3S/c1-15(2)18-5-7-19(8-6-18)25-23(26(33)20-9-11-21(30)12-10-20)27(34)28(35)32(25)29-31-24-17(4)13-16(3)14-22(24)36-29/h5-15,25,33H,1-4H3/b26-23+/t25-/m1/s1. The van der Waals surface area contributed by atoms with Crippen LogP contribution >= 0.6 is 11.3 Å². The highest BCUT2D eigenvalue weighted by Crippen LogP contribution is 2.45. The fraction of sp³-hybridized carbons (Fsp3) is 0.207. The molecule has 2 heterocycles. The van der Waals surface area contributed by atoms with Crippen LogP contribution in [0, 0.1) is 19.7 Å². The van der Waals surface area contributed by atoms with E-state index >= 15 is 0 Å². The maximum atomic E-state index is 13.5. The third kappa shape index (κ3) is 3.99. The van der Waals surface area contributed by atoms with Crippen LogP contribution < -0.4 is 4.90 Å². The Morgan fingerprint density at radius 3 is 2.33 bits per heavy atom. The average molecular weight is 501 g/mol. The van der Waals surface area contributed by atoms with Crippen LogP contribution in [0.5, 0.6) is 0 Å². The number of aliphatic hydroxyl groups excluding tert-OH is 1. The van der Waals surface area contributed by atoms with Crippen LogP contribution in [0.1, 0.15) is 53.6 Å². The summed E-state index contributed by atoms with van der Waals surface area (Å²) in [6.45, 7) is 8.13. The highest BCUT2D eigenvalue weighted by atomic mass is 32.1. The average Bonchev–Trinajstić information content (AvgIpc) is 3.38. The lowest BCUT2D eigenvalue weighted by molar-refractivity contribution is -0.132. The first kappa shape index (κ1) is 23.9. The minimum atomic E-state index is -0.877. The van der Waals surface area contributed by atoms with Crippen molar-refractivity contribution in [3.8, 4) is 0 Å². The fourth-order valence-corrected chi connectivity index (χ4v) is 5.80. The summed E-state index contributed by atoms with van der Waals surface area (Å²) in [6.07, 6.45) is 0. The van der Waals surface area contributed by atoms with Crippen molar-refractivity contribution < 1.29 is 19.1 Å². The number of Topliss-reactive ketones (excluding diaryl/α,β-unsaturated/α-hetero) is 1. The molecule has 1 fully saturated rings. The van der Waals surface area contributed by atoms with Crippen molar-refractivity contribution >= 4 is 44.1 Å². The van der Waals surface area contributed by atoms with E-state index in [9.17, 15) is 19.1 Å². The molecule has 1 aromatic heterocycles. The van der Waals surface area contributed by atoms with Crippen LogP contribution in [-0.4, -0.2) is 21.8 Å². The molecule has 1 atom stereocenters. The highest BCUT2D eigenvalue weighted by Gasteiger charge is 2.48. The Hall–Kier alpha value is -3.84. The number of fused-ring (bicyclic) bond motifs is 1. The second-order valence-corrected chi connectivity index (χ2v) is 10.4. The van der Waals surface area contributed by atoms with Crippen molar-refractivity contribution in [3.05, 3.63) is 99.9 Å². The summed E-state index contributed by atoms with van der Waals surface area (Å²) in [5.41, 5.74) is 4.83. The van der Waals surface area contributed by atoms with Crippen molar-refractivity contribution in [3.63, 3.8) is 0 Å². The normalized spacial score (nSPS) is 17.5. The summed E-state index contributed by atoms with van der Waals surface area (Å²) < 4.78 is 14.4. The van der Waals surface area contributed by atoms with E-state index in [2.05, 4.69) is 13.8 Å². The number of rotatable bonds is 4. The summed E-state index contributed by atoms with van der Waals surface area (Å²) in [7, 11) is 0. The summed E-state index contributed by atoms with van der Waals surface area (Å²) in [4.78, 5) is 32.9. The number of anilines is 1. The van der Waals surface area contributed by atoms with Gasteiger partial charge in [0.25, 0.3) is 5.78 Å². The smallest absolute Gasteiger partial charge is 0.301 e. The topological polar surface area (TPSA) is 70.5 Å². The van der Waals surface area contributed by atoms with Crippen LogP contribution in [0.3, 0.4) is 0 Å².